The number of nitriles is 1. The predicted octanol–water partition coefficient (Wildman–Crippen LogP) is 1.97. The van der Waals surface area contributed by atoms with E-state index < -0.39 is 14.4 Å². The molecule has 76 valence electrons. The number of thioether (sulfide) groups is 1. The van der Waals surface area contributed by atoms with Gasteiger partial charge in [-0.05, 0) is 0 Å². The fourth-order valence-electron chi connectivity index (χ4n) is 0.370. The maximum atomic E-state index is 10.5. The minimum atomic E-state index is -2.22. The summed E-state index contributed by atoms with van der Waals surface area (Å²) < 4.78 is 18.6. The first-order valence-corrected chi connectivity index (χ1v) is 5.98. The molecule has 13 heavy (non-hydrogen) atoms. The van der Waals surface area contributed by atoms with E-state index in [2.05, 4.69) is 0 Å². The van der Waals surface area contributed by atoms with Crippen molar-refractivity contribution in [2.75, 3.05) is 12.4 Å². The molecule has 4 nitrogen and oxygen atoms in total. The predicted molar refractivity (Wildman–Crippen MR) is 55.8 cm³/mol. The second kappa shape index (κ2) is 6.30. The number of alkyl halides is 3. The Morgan fingerprint density at radius 2 is 2.15 bits per heavy atom. The van der Waals surface area contributed by atoms with Gasteiger partial charge >= 0.3 is 0 Å². The van der Waals surface area contributed by atoms with Crippen LogP contribution in [0.2, 0.25) is 0 Å². The molecule has 0 heterocycles. The maximum absolute atomic E-state index is 10.5. The Labute approximate surface area is 97.5 Å². The van der Waals surface area contributed by atoms with Crippen molar-refractivity contribution in [2.24, 2.45) is 0 Å². The van der Waals surface area contributed by atoms with Gasteiger partial charge in [0.2, 0.25) is 14.4 Å². The third kappa shape index (κ3) is 7.82. The monoisotopic (exact) mass is 282 g/mol. The largest absolute Gasteiger partial charge is 0.294 e. The van der Waals surface area contributed by atoms with Crippen molar-refractivity contribution < 1.29 is 8.76 Å². The van der Waals surface area contributed by atoms with Gasteiger partial charge < -0.3 is 0 Å². The Morgan fingerprint density at radius 3 is 2.46 bits per heavy atom. The summed E-state index contributed by atoms with van der Waals surface area (Å²) in [4.78, 5) is 0. The van der Waals surface area contributed by atoms with Crippen LogP contribution in [0.1, 0.15) is 0 Å². The molecule has 0 aliphatic rings. The van der Waals surface area contributed by atoms with E-state index in [1.54, 1.807) is 6.07 Å². The summed E-state index contributed by atoms with van der Waals surface area (Å²) in [5.41, 5.74) is 0. The summed E-state index contributed by atoms with van der Waals surface area (Å²) in [6.45, 7) is -0.198. The molecule has 0 aromatic rings. The Hall–Kier alpha value is 0.780. The van der Waals surface area contributed by atoms with Crippen LogP contribution >= 0.6 is 46.6 Å². The zero-order valence-electron chi connectivity index (χ0n) is 6.11. The number of hydrogen-bond acceptors (Lipinski definition) is 3. The van der Waals surface area contributed by atoms with Gasteiger partial charge in [-0.15, -0.1) is 0 Å². The van der Waals surface area contributed by atoms with E-state index in [0.29, 0.717) is 0 Å². The van der Waals surface area contributed by atoms with Gasteiger partial charge in [-0.1, -0.05) is 46.6 Å². The van der Waals surface area contributed by atoms with E-state index in [1.165, 1.54) is 0 Å². The first kappa shape index (κ1) is 13.8. The zero-order valence-corrected chi connectivity index (χ0v) is 10.0. The first-order chi connectivity index (χ1) is 5.87. The molecule has 0 bridgehead atoms. The van der Waals surface area contributed by atoms with Crippen molar-refractivity contribution in [3.05, 3.63) is 0 Å². The lowest BCUT2D eigenvalue weighted by atomic mass is 10.7. The molecule has 0 rings (SSSR count). The summed E-state index contributed by atoms with van der Waals surface area (Å²) in [5.74, 6) is -0.00677. The summed E-state index contributed by atoms with van der Waals surface area (Å²) in [5, 5.41) is 8.27. The summed E-state index contributed by atoms with van der Waals surface area (Å²) in [6, 6.07) is 1.72. The molecular weight excluding hydrogens is 279 g/mol. The van der Waals surface area contributed by atoms with Gasteiger partial charge in [0.15, 0.2) is 0 Å². The van der Waals surface area contributed by atoms with E-state index in [9.17, 15) is 4.21 Å². The summed E-state index contributed by atoms with van der Waals surface area (Å²) in [7, 11) is 0. The van der Waals surface area contributed by atoms with E-state index in [1.807, 2.05) is 0 Å². The third-order valence-corrected chi connectivity index (χ3v) is 3.45. The Morgan fingerprint density at radius 1 is 1.62 bits per heavy atom. The highest BCUT2D eigenvalue weighted by atomic mass is 35.6. The molecule has 9 heteroatoms. The van der Waals surface area contributed by atoms with E-state index in [0.717, 1.165) is 16.1 Å². The van der Waals surface area contributed by atoms with Gasteiger partial charge in [-0.25, -0.2) is 4.21 Å². The Bertz CT molecular complexity index is 226. The molecule has 0 aromatic heterocycles. The normalized spacial score (nSPS) is 14.2. The van der Waals surface area contributed by atoms with Crippen LogP contribution in [-0.2, 0) is 11.3 Å². The molecule has 0 aliphatic carbocycles. The topological polar surface area (TPSA) is 64.3 Å². The molecule has 0 amide bonds. The van der Waals surface area contributed by atoms with Crippen molar-refractivity contribution in [1.82, 2.24) is 4.31 Å². The van der Waals surface area contributed by atoms with E-state index >= 15 is 0 Å². The average molecular weight is 284 g/mol. The van der Waals surface area contributed by atoms with Gasteiger partial charge in [0.1, 0.15) is 6.54 Å². The molecule has 0 aromatic carbocycles. The molecule has 0 saturated heterocycles. The van der Waals surface area contributed by atoms with Crippen LogP contribution in [0.15, 0.2) is 0 Å². The minimum Gasteiger partial charge on any atom is -0.294 e. The Balaban J connectivity index is 3.99. The van der Waals surface area contributed by atoms with Crippen LogP contribution in [0.5, 0.6) is 0 Å². The van der Waals surface area contributed by atoms with Crippen molar-refractivity contribution in [2.45, 2.75) is 3.12 Å². The molecule has 1 unspecified atom stereocenters. The molecule has 1 atom stereocenters. The van der Waals surface area contributed by atoms with Crippen LogP contribution in [0, 0.1) is 11.3 Å². The third-order valence-electron chi connectivity index (χ3n) is 0.840. The molecule has 0 saturated carbocycles. The van der Waals surface area contributed by atoms with Gasteiger partial charge in [0, 0.05) is 0 Å². The van der Waals surface area contributed by atoms with Crippen LogP contribution in [0.3, 0.4) is 0 Å². The lowest BCUT2D eigenvalue weighted by Crippen LogP contribution is -2.26. The number of halogens is 3. The van der Waals surface area contributed by atoms with Gasteiger partial charge in [0.25, 0.3) is 0 Å². The molecule has 0 aliphatic heterocycles. The van der Waals surface area contributed by atoms with Gasteiger partial charge in [-0.2, -0.15) is 9.57 Å². The lowest BCUT2D eigenvalue weighted by Gasteiger charge is -2.16. The van der Waals surface area contributed by atoms with Crippen molar-refractivity contribution >= 4 is 57.8 Å². The molecule has 0 radical (unpaired) electrons. The Kier molecular flexibility index (Phi) is 6.68. The van der Waals surface area contributed by atoms with E-state index in [4.69, 9.17) is 44.6 Å². The molecular formula is C4H5Cl3N2O2S2. The number of rotatable bonds is 4. The average Bonchev–Trinajstić information content (AvgIpc) is 1.95. The van der Waals surface area contributed by atoms with Crippen molar-refractivity contribution in [1.29, 1.82) is 5.26 Å². The fraction of sp³-hybridized carbons (Fsp3) is 0.750. The van der Waals surface area contributed by atoms with Gasteiger partial charge in [-0.3, -0.25) is 4.55 Å². The minimum absolute atomic E-state index is 0.00677. The highest BCUT2D eigenvalue weighted by molar-refractivity contribution is 8.04. The lowest BCUT2D eigenvalue weighted by molar-refractivity contribution is 0.466. The van der Waals surface area contributed by atoms with Crippen LogP contribution in [0.25, 0.3) is 0 Å². The molecule has 0 fully saturated rings. The second-order valence-electron chi connectivity index (χ2n) is 1.75. The smallest absolute Gasteiger partial charge is 0.238 e. The molecule has 1 N–H and O–H groups in total. The van der Waals surface area contributed by atoms with Crippen molar-refractivity contribution in [3.8, 4) is 6.07 Å². The van der Waals surface area contributed by atoms with Crippen LogP contribution in [-0.4, -0.2) is 28.6 Å². The maximum Gasteiger partial charge on any atom is 0.238 e. The SMILES string of the molecule is N#CCN(CSC(Cl)(Cl)Cl)S(=O)O. The highest BCUT2D eigenvalue weighted by Gasteiger charge is 2.23. The van der Waals surface area contributed by atoms with Gasteiger partial charge in [0.05, 0.1) is 11.9 Å². The summed E-state index contributed by atoms with van der Waals surface area (Å²) in [6.07, 6.45) is 0. The van der Waals surface area contributed by atoms with E-state index in [-0.39, 0.29) is 12.4 Å². The van der Waals surface area contributed by atoms with Crippen LogP contribution in [0.4, 0.5) is 0 Å². The summed E-state index contributed by atoms with van der Waals surface area (Å²) >= 11 is 14.8. The second-order valence-corrected chi connectivity index (χ2v) is 6.84. The standard InChI is InChI=1S/C4H5Cl3N2O2S2/c5-4(6,7)12-3-9(2-1-8)13(10)11/h2-3H2,(H,10,11). The first-order valence-electron chi connectivity index (χ1n) is 2.80. The quantitative estimate of drug-likeness (QED) is 0.371. The van der Waals surface area contributed by atoms with Crippen LogP contribution < -0.4 is 0 Å². The molecule has 0 spiro atoms. The fourth-order valence-corrected chi connectivity index (χ4v) is 1.88. The number of hydrogen-bond donors (Lipinski definition) is 1. The number of nitrogens with zero attached hydrogens (tertiary/aromatic N) is 2. The highest BCUT2D eigenvalue weighted by Crippen LogP contribution is 2.39. The zero-order chi connectivity index (χ0) is 10.5. The van der Waals surface area contributed by atoms with Crippen molar-refractivity contribution in [3.63, 3.8) is 0 Å².